The number of unbranched alkanes of at least 4 members (excludes halogenated alkanes) is 1. The molecule has 61 heavy (non-hydrogen) atoms. The highest BCUT2D eigenvalue weighted by Gasteiger charge is 2.27. The number of rotatable bonds is 38. The Morgan fingerprint density at radius 3 is 1.52 bits per heavy atom. The molecule has 0 saturated carbocycles. The Morgan fingerprint density at radius 1 is 0.590 bits per heavy atom. The number of phosphoric ester groups is 1. The van der Waals surface area contributed by atoms with Crippen molar-refractivity contribution in [2.24, 2.45) is 0 Å². The summed E-state index contributed by atoms with van der Waals surface area (Å²) in [7, 11) is 1.35. The van der Waals surface area contributed by atoms with Crippen molar-refractivity contribution in [3.8, 4) is 0 Å². The number of esters is 2. The first kappa shape index (κ1) is 57.4. The van der Waals surface area contributed by atoms with Crippen LogP contribution in [0, 0.1) is 0 Å². The molecule has 0 saturated heterocycles. The molecule has 0 rings (SSSR count). The number of ether oxygens (including phenoxy) is 2. The third kappa shape index (κ3) is 44.2. The Bertz CT molecular complexity index is 1460. The summed E-state index contributed by atoms with van der Waals surface area (Å²) in [6.07, 6.45) is 53.3. The second-order valence-corrected chi connectivity index (χ2v) is 17.0. The van der Waals surface area contributed by atoms with Crippen molar-refractivity contribution in [2.45, 2.75) is 135 Å². The molecule has 0 fully saturated rings. The van der Waals surface area contributed by atoms with Crippen LogP contribution in [0.15, 0.2) is 122 Å². The van der Waals surface area contributed by atoms with Gasteiger partial charge in [-0.15, -0.1) is 0 Å². The van der Waals surface area contributed by atoms with Gasteiger partial charge in [-0.05, 0) is 89.9 Å². The largest absolute Gasteiger partial charge is 0.472 e. The maximum Gasteiger partial charge on any atom is 0.472 e. The summed E-state index contributed by atoms with van der Waals surface area (Å²) in [5.74, 6) is -0.998. The van der Waals surface area contributed by atoms with Crippen LogP contribution >= 0.6 is 7.82 Å². The lowest BCUT2D eigenvalue weighted by Crippen LogP contribution is -2.37. The van der Waals surface area contributed by atoms with Crippen LogP contribution in [0.1, 0.15) is 123 Å². The summed E-state index contributed by atoms with van der Waals surface area (Å²) in [6.45, 7) is 3.91. The van der Waals surface area contributed by atoms with Gasteiger partial charge >= 0.3 is 19.8 Å². The molecule has 11 heteroatoms. The van der Waals surface area contributed by atoms with Crippen LogP contribution in [0.2, 0.25) is 0 Å². The smallest absolute Gasteiger partial charge is 0.462 e. The third-order valence-corrected chi connectivity index (χ3v) is 9.53. The molecule has 0 aliphatic heterocycles. The number of likely N-dealkylation sites (N-methyl/N-ethyl adjacent to an activating group) is 1. The number of aliphatic hydroxyl groups excluding tert-OH is 1. The van der Waals surface area contributed by atoms with Crippen molar-refractivity contribution in [2.75, 3.05) is 47.5 Å². The molecule has 0 aromatic rings. The lowest BCUT2D eigenvalue weighted by Gasteiger charge is -2.24. The van der Waals surface area contributed by atoms with E-state index in [2.05, 4.69) is 111 Å². The summed E-state index contributed by atoms with van der Waals surface area (Å²) in [5, 5.41) is 9.74. The van der Waals surface area contributed by atoms with E-state index in [1.165, 1.54) is 0 Å². The van der Waals surface area contributed by atoms with Crippen molar-refractivity contribution in [1.82, 2.24) is 0 Å². The Morgan fingerprint density at radius 2 is 1.05 bits per heavy atom. The van der Waals surface area contributed by atoms with Gasteiger partial charge in [0.05, 0.1) is 33.9 Å². The Hall–Kier alpha value is -3.63. The van der Waals surface area contributed by atoms with E-state index in [1.807, 2.05) is 45.4 Å². The van der Waals surface area contributed by atoms with Crippen molar-refractivity contribution >= 4 is 19.8 Å². The van der Waals surface area contributed by atoms with Crippen LogP contribution in [0.25, 0.3) is 0 Å². The van der Waals surface area contributed by atoms with Gasteiger partial charge in [-0.1, -0.05) is 142 Å². The maximum atomic E-state index is 12.7. The number of phosphoric acid groups is 1. The molecule has 0 amide bonds. The van der Waals surface area contributed by atoms with E-state index in [9.17, 15) is 24.2 Å². The Kier molecular flexibility index (Phi) is 38.0. The minimum atomic E-state index is -4.43. The molecule has 0 bridgehead atoms. The molecular formula is C50H81NO9P+. The molecule has 0 aliphatic rings. The van der Waals surface area contributed by atoms with Gasteiger partial charge in [0.25, 0.3) is 0 Å². The molecule has 0 aromatic heterocycles. The SMILES string of the molecule is CC/C=C\C/C=C\C/C=C\C/C=C\C/C=C\C/C=C\CCC(=O)O[C@H](COC(=O)CCC/C=C\C/C=C\C/C=C\C/C=C\CC(O)CCC)COP(=O)(O)OCC[N+](C)(C)C. The van der Waals surface area contributed by atoms with Gasteiger partial charge in [-0.25, -0.2) is 4.57 Å². The second-order valence-electron chi connectivity index (χ2n) is 15.5. The normalized spacial score (nSPS) is 15.2. The van der Waals surface area contributed by atoms with E-state index in [0.29, 0.717) is 36.7 Å². The highest BCUT2D eigenvalue weighted by Crippen LogP contribution is 2.43. The summed E-state index contributed by atoms with van der Waals surface area (Å²) < 4.78 is 34.1. The van der Waals surface area contributed by atoms with Crippen molar-refractivity contribution in [3.05, 3.63) is 122 Å². The predicted molar refractivity (Wildman–Crippen MR) is 253 cm³/mol. The second kappa shape index (κ2) is 40.4. The number of carbonyl (C=O) groups excluding carboxylic acids is 2. The van der Waals surface area contributed by atoms with Crippen molar-refractivity contribution < 1.29 is 47.2 Å². The van der Waals surface area contributed by atoms with Gasteiger partial charge in [0.15, 0.2) is 6.10 Å². The third-order valence-electron chi connectivity index (χ3n) is 8.55. The number of quaternary nitrogens is 1. The topological polar surface area (TPSA) is 129 Å². The molecule has 0 spiro atoms. The van der Waals surface area contributed by atoms with Gasteiger partial charge in [0.1, 0.15) is 19.8 Å². The first-order valence-electron chi connectivity index (χ1n) is 22.3. The van der Waals surface area contributed by atoms with Gasteiger partial charge in [-0.2, -0.15) is 0 Å². The summed E-state index contributed by atoms with van der Waals surface area (Å²) in [5.41, 5.74) is 0. The van der Waals surface area contributed by atoms with E-state index < -0.39 is 32.5 Å². The zero-order valence-corrected chi connectivity index (χ0v) is 39.1. The molecule has 2 N–H and O–H groups in total. The number of nitrogens with zero attached hydrogens (tertiary/aromatic N) is 1. The number of hydrogen-bond donors (Lipinski definition) is 2. The highest BCUT2D eigenvalue weighted by molar-refractivity contribution is 7.47. The fourth-order valence-electron chi connectivity index (χ4n) is 5.10. The Balaban J connectivity index is 4.62. The van der Waals surface area contributed by atoms with Crippen molar-refractivity contribution in [1.29, 1.82) is 0 Å². The lowest BCUT2D eigenvalue weighted by atomic mass is 10.1. The fraction of sp³-hybridized carbons (Fsp3) is 0.560. The highest BCUT2D eigenvalue weighted by atomic mass is 31.2. The molecule has 0 heterocycles. The molecule has 0 aromatic carbocycles. The van der Waals surface area contributed by atoms with Crippen LogP contribution in [-0.4, -0.2) is 86.1 Å². The molecule has 10 nitrogen and oxygen atoms in total. The average molecular weight is 871 g/mol. The minimum Gasteiger partial charge on any atom is -0.462 e. The molecule has 3 atom stereocenters. The standard InChI is InChI=1S/C50H80NO9P/c1-6-8-9-10-11-12-13-14-15-16-17-18-19-22-26-29-32-35-38-42-50(54)60-48(46-59-61(55,56)58-44-43-51(3,4)5)45-57-49(53)41-37-34-31-28-25-23-20-21-24-27-30-33-36-40-47(52)39-7-2/h8-9,11-12,14-15,17-18,20,22-24,26-28,31-33,35-36,47-48,52H,6-7,10,13,16,19,21,25,29-30,34,37-46H2,1-5H3/p+1/b9-8-,12-11-,15-14-,18-17-,23-20-,26-22-,27-24-,31-28-,35-32-,36-33-/t47?,48-/m1/s1. The van der Waals surface area contributed by atoms with E-state index in [0.717, 1.165) is 70.6 Å². The first-order chi connectivity index (χ1) is 29.4. The molecule has 344 valence electrons. The lowest BCUT2D eigenvalue weighted by molar-refractivity contribution is -0.870. The predicted octanol–water partition coefficient (Wildman–Crippen LogP) is 11.9. The molecule has 0 aliphatic carbocycles. The summed E-state index contributed by atoms with van der Waals surface area (Å²) >= 11 is 0. The van der Waals surface area contributed by atoms with E-state index in [1.54, 1.807) is 0 Å². The van der Waals surface area contributed by atoms with Gasteiger partial charge < -0.3 is 24.0 Å². The summed E-state index contributed by atoms with van der Waals surface area (Å²) in [6, 6.07) is 0. The molecule has 0 radical (unpaired) electrons. The van der Waals surface area contributed by atoms with Crippen molar-refractivity contribution in [3.63, 3.8) is 0 Å². The van der Waals surface area contributed by atoms with E-state index >= 15 is 0 Å². The number of allylic oxidation sites excluding steroid dienone is 19. The van der Waals surface area contributed by atoms with E-state index in [4.69, 9.17) is 18.5 Å². The number of carbonyl (C=O) groups is 2. The zero-order valence-electron chi connectivity index (χ0n) is 38.2. The van der Waals surface area contributed by atoms with Gasteiger partial charge in [0.2, 0.25) is 0 Å². The summed E-state index contributed by atoms with van der Waals surface area (Å²) in [4.78, 5) is 35.3. The first-order valence-corrected chi connectivity index (χ1v) is 23.8. The van der Waals surface area contributed by atoms with Crippen LogP contribution < -0.4 is 0 Å². The minimum absolute atomic E-state index is 0.00429. The van der Waals surface area contributed by atoms with Gasteiger partial charge in [-0.3, -0.25) is 18.6 Å². The van der Waals surface area contributed by atoms with Crippen LogP contribution in [-0.2, 0) is 32.7 Å². The number of hydrogen-bond acceptors (Lipinski definition) is 8. The fourth-order valence-corrected chi connectivity index (χ4v) is 5.85. The van der Waals surface area contributed by atoms with Crippen LogP contribution in [0.4, 0.5) is 0 Å². The zero-order chi connectivity index (χ0) is 45.1. The van der Waals surface area contributed by atoms with Crippen LogP contribution in [0.5, 0.6) is 0 Å². The molecule has 2 unspecified atom stereocenters. The van der Waals surface area contributed by atoms with Crippen LogP contribution in [0.3, 0.4) is 0 Å². The van der Waals surface area contributed by atoms with E-state index in [-0.39, 0.29) is 32.2 Å². The maximum absolute atomic E-state index is 12.7. The number of aliphatic hydroxyl groups is 1. The average Bonchev–Trinajstić information content (AvgIpc) is 3.20. The Labute approximate surface area is 370 Å². The molecular weight excluding hydrogens is 790 g/mol. The quantitative estimate of drug-likeness (QED) is 0.0205. The monoisotopic (exact) mass is 871 g/mol. The van der Waals surface area contributed by atoms with Gasteiger partial charge in [0, 0.05) is 12.8 Å².